The first-order valence-electron chi connectivity index (χ1n) is 8.75. The van der Waals surface area contributed by atoms with Crippen molar-refractivity contribution in [1.29, 1.82) is 0 Å². The SMILES string of the molecule is C[C@H](Oc1ccccc1)C(=O)N1CCN(S(=O)(=O)c2c(F)cccc2F)CC1. The molecule has 1 fully saturated rings. The Morgan fingerprint density at radius 3 is 2.11 bits per heavy atom. The normalized spacial score (nSPS) is 16.6. The van der Waals surface area contributed by atoms with Gasteiger partial charge in [0.25, 0.3) is 5.91 Å². The summed E-state index contributed by atoms with van der Waals surface area (Å²) >= 11 is 0. The molecular weight excluding hydrogens is 390 g/mol. The third-order valence-corrected chi connectivity index (χ3v) is 6.42. The Morgan fingerprint density at radius 2 is 1.54 bits per heavy atom. The number of sulfonamides is 1. The summed E-state index contributed by atoms with van der Waals surface area (Å²) in [5, 5.41) is 0. The molecule has 1 heterocycles. The quantitative estimate of drug-likeness (QED) is 0.759. The van der Waals surface area contributed by atoms with E-state index in [-0.39, 0.29) is 32.1 Å². The molecule has 0 aliphatic carbocycles. The molecule has 1 aliphatic rings. The van der Waals surface area contributed by atoms with Crippen LogP contribution < -0.4 is 4.74 Å². The Hall–Kier alpha value is -2.52. The minimum Gasteiger partial charge on any atom is -0.481 e. The highest BCUT2D eigenvalue weighted by atomic mass is 32.2. The second kappa shape index (κ2) is 8.24. The number of halogens is 2. The predicted octanol–water partition coefficient (Wildman–Crippen LogP) is 2.27. The van der Waals surface area contributed by atoms with E-state index >= 15 is 0 Å². The highest BCUT2D eigenvalue weighted by Crippen LogP contribution is 2.24. The average molecular weight is 410 g/mol. The minimum absolute atomic E-state index is 0.0557. The van der Waals surface area contributed by atoms with E-state index in [2.05, 4.69) is 0 Å². The Morgan fingerprint density at radius 1 is 0.964 bits per heavy atom. The first-order valence-corrected chi connectivity index (χ1v) is 10.2. The third kappa shape index (κ3) is 4.15. The maximum Gasteiger partial charge on any atom is 0.263 e. The number of ether oxygens (including phenoxy) is 1. The Bertz CT molecular complexity index is 925. The van der Waals surface area contributed by atoms with Crippen molar-refractivity contribution < 1.29 is 26.7 Å². The van der Waals surface area contributed by atoms with Gasteiger partial charge >= 0.3 is 0 Å². The number of rotatable bonds is 5. The highest BCUT2D eigenvalue weighted by Gasteiger charge is 2.35. The standard InChI is InChI=1S/C19H20F2N2O4S/c1-14(27-15-6-3-2-4-7-15)19(24)22-10-12-23(13-11-22)28(25,26)18-16(20)8-5-9-17(18)21/h2-9,14H,10-13H2,1H3/t14-/m0/s1. The largest absolute Gasteiger partial charge is 0.481 e. The zero-order valence-electron chi connectivity index (χ0n) is 15.2. The monoisotopic (exact) mass is 410 g/mol. The van der Waals surface area contributed by atoms with E-state index in [4.69, 9.17) is 4.74 Å². The van der Waals surface area contributed by atoms with Gasteiger partial charge in [0.1, 0.15) is 17.4 Å². The van der Waals surface area contributed by atoms with Crippen LogP contribution in [0.3, 0.4) is 0 Å². The molecule has 2 aromatic rings. The zero-order valence-corrected chi connectivity index (χ0v) is 16.0. The molecule has 2 aromatic carbocycles. The van der Waals surface area contributed by atoms with Crippen LogP contribution in [0.25, 0.3) is 0 Å². The van der Waals surface area contributed by atoms with Crippen LogP contribution in [0.5, 0.6) is 5.75 Å². The molecule has 9 heteroatoms. The van der Waals surface area contributed by atoms with Crippen molar-refractivity contribution in [3.63, 3.8) is 0 Å². The molecule has 28 heavy (non-hydrogen) atoms. The fourth-order valence-electron chi connectivity index (χ4n) is 3.02. The maximum atomic E-state index is 13.9. The lowest BCUT2D eigenvalue weighted by Gasteiger charge is -2.35. The van der Waals surface area contributed by atoms with E-state index in [1.807, 2.05) is 6.07 Å². The summed E-state index contributed by atoms with van der Waals surface area (Å²) in [4.78, 5) is 13.1. The molecule has 0 unspecified atom stereocenters. The number of carbonyl (C=O) groups excluding carboxylic acids is 1. The first-order chi connectivity index (χ1) is 13.3. The molecule has 3 rings (SSSR count). The third-order valence-electron chi connectivity index (χ3n) is 4.47. The highest BCUT2D eigenvalue weighted by molar-refractivity contribution is 7.89. The summed E-state index contributed by atoms with van der Waals surface area (Å²) in [6.07, 6.45) is -0.741. The molecule has 0 spiro atoms. The van der Waals surface area contributed by atoms with E-state index in [1.54, 1.807) is 31.2 Å². The summed E-state index contributed by atoms with van der Waals surface area (Å²) in [6.45, 7) is 1.72. The average Bonchev–Trinajstić information content (AvgIpc) is 2.68. The number of hydrogen-bond acceptors (Lipinski definition) is 4. The van der Waals surface area contributed by atoms with E-state index in [0.29, 0.717) is 5.75 Å². The summed E-state index contributed by atoms with van der Waals surface area (Å²) < 4.78 is 59.6. The van der Waals surface area contributed by atoms with Crippen LogP contribution in [0, 0.1) is 11.6 Å². The number of piperazine rings is 1. The second-order valence-electron chi connectivity index (χ2n) is 6.35. The molecule has 0 radical (unpaired) electrons. The molecule has 1 amide bonds. The summed E-state index contributed by atoms with van der Waals surface area (Å²) in [7, 11) is -4.33. The maximum absolute atomic E-state index is 13.9. The molecule has 1 saturated heterocycles. The van der Waals surface area contributed by atoms with E-state index in [9.17, 15) is 22.0 Å². The van der Waals surface area contributed by atoms with Crippen LogP contribution in [0.4, 0.5) is 8.78 Å². The van der Waals surface area contributed by atoms with Crippen LogP contribution in [0.15, 0.2) is 53.4 Å². The van der Waals surface area contributed by atoms with Gasteiger partial charge in [-0.3, -0.25) is 4.79 Å². The number of para-hydroxylation sites is 1. The van der Waals surface area contributed by atoms with Crippen molar-refractivity contribution in [3.05, 3.63) is 60.2 Å². The van der Waals surface area contributed by atoms with Crippen molar-refractivity contribution in [1.82, 2.24) is 9.21 Å². The van der Waals surface area contributed by atoms with Crippen LogP contribution in [0.1, 0.15) is 6.92 Å². The van der Waals surface area contributed by atoms with Gasteiger partial charge in [-0.15, -0.1) is 0 Å². The smallest absolute Gasteiger partial charge is 0.263 e. The van der Waals surface area contributed by atoms with E-state index < -0.39 is 32.7 Å². The van der Waals surface area contributed by atoms with Crippen molar-refractivity contribution in [2.45, 2.75) is 17.9 Å². The molecule has 0 aromatic heterocycles. The van der Waals surface area contributed by atoms with Gasteiger partial charge in [-0.1, -0.05) is 24.3 Å². The second-order valence-corrected chi connectivity index (χ2v) is 8.23. The molecular formula is C19H20F2N2O4S. The van der Waals surface area contributed by atoms with Gasteiger partial charge in [0.15, 0.2) is 11.0 Å². The number of nitrogens with zero attached hydrogens (tertiary/aromatic N) is 2. The molecule has 0 saturated carbocycles. The van der Waals surface area contributed by atoms with Gasteiger partial charge in [-0.05, 0) is 31.2 Å². The lowest BCUT2D eigenvalue weighted by atomic mass is 10.3. The Kier molecular flexibility index (Phi) is 5.95. The van der Waals surface area contributed by atoms with Crippen LogP contribution in [0.2, 0.25) is 0 Å². The van der Waals surface area contributed by atoms with Gasteiger partial charge < -0.3 is 9.64 Å². The fourth-order valence-corrected chi connectivity index (χ4v) is 4.55. The zero-order chi connectivity index (χ0) is 20.3. The first kappa shape index (κ1) is 20.2. The van der Waals surface area contributed by atoms with Gasteiger partial charge in [0, 0.05) is 26.2 Å². The summed E-state index contributed by atoms with van der Waals surface area (Å²) in [5.41, 5.74) is 0. The lowest BCUT2D eigenvalue weighted by Crippen LogP contribution is -2.53. The molecule has 1 atom stereocenters. The van der Waals surface area contributed by atoms with Crippen LogP contribution in [-0.2, 0) is 14.8 Å². The Balaban J connectivity index is 1.64. The van der Waals surface area contributed by atoms with Crippen molar-refractivity contribution in [2.75, 3.05) is 26.2 Å². The minimum atomic E-state index is -4.33. The number of hydrogen-bond donors (Lipinski definition) is 0. The molecule has 6 nitrogen and oxygen atoms in total. The number of amides is 1. The fraction of sp³-hybridized carbons (Fsp3) is 0.316. The van der Waals surface area contributed by atoms with Crippen molar-refractivity contribution in [2.24, 2.45) is 0 Å². The molecule has 150 valence electrons. The Labute approximate surface area is 162 Å². The van der Waals surface area contributed by atoms with E-state index in [1.165, 1.54) is 4.90 Å². The van der Waals surface area contributed by atoms with Crippen LogP contribution >= 0.6 is 0 Å². The molecule has 0 N–H and O–H groups in total. The topological polar surface area (TPSA) is 66.9 Å². The summed E-state index contributed by atoms with van der Waals surface area (Å²) in [6, 6.07) is 11.8. The molecule has 0 bridgehead atoms. The van der Waals surface area contributed by atoms with Crippen molar-refractivity contribution >= 4 is 15.9 Å². The van der Waals surface area contributed by atoms with E-state index in [0.717, 1.165) is 22.5 Å². The number of benzene rings is 2. The summed E-state index contributed by atoms with van der Waals surface area (Å²) in [5.74, 6) is -2.00. The van der Waals surface area contributed by atoms with Crippen LogP contribution in [-0.4, -0.2) is 55.8 Å². The number of carbonyl (C=O) groups is 1. The lowest BCUT2D eigenvalue weighted by molar-refractivity contribution is -0.139. The van der Waals surface area contributed by atoms with Gasteiger partial charge in [0.2, 0.25) is 10.0 Å². The predicted molar refractivity (Wildman–Crippen MR) is 98.2 cm³/mol. The van der Waals surface area contributed by atoms with Gasteiger partial charge in [0.05, 0.1) is 0 Å². The van der Waals surface area contributed by atoms with Gasteiger partial charge in [-0.2, -0.15) is 4.31 Å². The van der Waals surface area contributed by atoms with Crippen molar-refractivity contribution in [3.8, 4) is 5.75 Å². The molecule has 1 aliphatic heterocycles. The van der Waals surface area contributed by atoms with Gasteiger partial charge in [-0.25, -0.2) is 17.2 Å².